The minimum atomic E-state index is -0.320. The van der Waals surface area contributed by atoms with E-state index in [-0.39, 0.29) is 11.8 Å². The molecule has 0 unspecified atom stereocenters. The molecule has 2 aromatic heterocycles. The average Bonchev–Trinajstić information content (AvgIpc) is 3.20. The van der Waals surface area contributed by atoms with Crippen molar-refractivity contribution in [3.8, 4) is 0 Å². The first-order chi connectivity index (χ1) is 14.7. The SMILES string of the molecule is Cc1nn(Cc2cccc(C(=O)Nc3cnn(C)c3C(=O)NCC(C)C)c2)c(C)c1Cl. The Morgan fingerprint density at radius 2 is 1.94 bits per heavy atom. The van der Waals surface area contributed by atoms with E-state index in [0.29, 0.717) is 41.0 Å². The number of nitrogens with one attached hydrogen (secondary N) is 2. The van der Waals surface area contributed by atoms with E-state index in [2.05, 4.69) is 20.8 Å². The van der Waals surface area contributed by atoms with Gasteiger partial charge < -0.3 is 10.6 Å². The molecular formula is C22H27ClN6O2. The number of anilines is 1. The van der Waals surface area contributed by atoms with Crippen molar-refractivity contribution in [3.05, 3.63) is 63.7 Å². The van der Waals surface area contributed by atoms with E-state index >= 15 is 0 Å². The summed E-state index contributed by atoms with van der Waals surface area (Å²) in [6.45, 7) is 8.83. The molecule has 3 rings (SSSR count). The van der Waals surface area contributed by atoms with Crippen molar-refractivity contribution >= 4 is 29.1 Å². The fraction of sp³-hybridized carbons (Fsp3) is 0.364. The highest BCUT2D eigenvalue weighted by molar-refractivity contribution is 6.31. The van der Waals surface area contributed by atoms with Gasteiger partial charge in [0.05, 0.1) is 34.8 Å². The number of carbonyl (C=O) groups excluding carboxylic acids is 2. The molecule has 0 aliphatic carbocycles. The molecule has 0 aliphatic heterocycles. The van der Waals surface area contributed by atoms with E-state index in [1.165, 1.54) is 10.9 Å². The Morgan fingerprint density at radius 3 is 2.58 bits per heavy atom. The number of benzene rings is 1. The molecular weight excluding hydrogens is 416 g/mol. The number of hydrogen-bond acceptors (Lipinski definition) is 4. The number of amides is 2. The molecule has 2 N–H and O–H groups in total. The van der Waals surface area contributed by atoms with Crippen molar-refractivity contribution in [2.75, 3.05) is 11.9 Å². The summed E-state index contributed by atoms with van der Waals surface area (Å²) in [5, 5.41) is 14.9. The summed E-state index contributed by atoms with van der Waals surface area (Å²) in [7, 11) is 1.67. The van der Waals surface area contributed by atoms with Crippen molar-refractivity contribution in [3.63, 3.8) is 0 Å². The molecule has 0 fully saturated rings. The first-order valence-electron chi connectivity index (χ1n) is 10.1. The Hall–Kier alpha value is -3.13. The van der Waals surface area contributed by atoms with Gasteiger partial charge in [0, 0.05) is 19.2 Å². The third-order valence-corrected chi connectivity index (χ3v) is 5.43. The van der Waals surface area contributed by atoms with Gasteiger partial charge in [0.2, 0.25) is 0 Å². The van der Waals surface area contributed by atoms with E-state index in [9.17, 15) is 9.59 Å². The molecule has 31 heavy (non-hydrogen) atoms. The Kier molecular flexibility index (Phi) is 6.80. The van der Waals surface area contributed by atoms with Crippen LogP contribution in [0, 0.1) is 19.8 Å². The second-order valence-electron chi connectivity index (χ2n) is 7.93. The van der Waals surface area contributed by atoms with Gasteiger partial charge in [-0.25, -0.2) is 0 Å². The zero-order chi connectivity index (χ0) is 22.7. The van der Waals surface area contributed by atoms with Gasteiger partial charge in [-0.2, -0.15) is 10.2 Å². The van der Waals surface area contributed by atoms with Crippen LogP contribution in [0.4, 0.5) is 5.69 Å². The van der Waals surface area contributed by atoms with Gasteiger partial charge in [0.15, 0.2) is 0 Å². The maximum atomic E-state index is 12.9. The number of halogens is 1. The summed E-state index contributed by atoms with van der Waals surface area (Å²) in [5.41, 5.74) is 3.71. The molecule has 0 bridgehead atoms. The van der Waals surface area contributed by atoms with Crippen molar-refractivity contribution in [1.82, 2.24) is 24.9 Å². The van der Waals surface area contributed by atoms with Crippen LogP contribution in [-0.4, -0.2) is 37.9 Å². The van der Waals surface area contributed by atoms with Crippen LogP contribution in [0.3, 0.4) is 0 Å². The highest BCUT2D eigenvalue weighted by atomic mass is 35.5. The van der Waals surface area contributed by atoms with Gasteiger partial charge in [0.1, 0.15) is 5.69 Å². The molecule has 0 atom stereocenters. The van der Waals surface area contributed by atoms with Crippen molar-refractivity contribution in [2.45, 2.75) is 34.2 Å². The summed E-state index contributed by atoms with van der Waals surface area (Å²) >= 11 is 6.23. The number of nitrogens with zero attached hydrogens (tertiary/aromatic N) is 4. The van der Waals surface area contributed by atoms with Gasteiger partial charge in [0.25, 0.3) is 11.8 Å². The largest absolute Gasteiger partial charge is 0.350 e. The van der Waals surface area contributed by atoms with Crippen LogP contribution in [0.25, 0.3) is 0 Å². The molecule has 0 saturated carbocycles. The Balaban J connectivity index is 1.77. The fourth-order valence-electron chi connectivity index (χ4n) is 3.19. The van der Waals surface area contributed by atoms with Crippen LogP contribution >= 0.6 is 11.6 Å². The molecule has 8 nitrogen and oxygen atoms in total. The molecule has 2 amide bonds. The summed E-state index contributed by atoms with van der Waals surface area (Å²) in [4.78, 5) is 25.4. The third-order valence-electron chi connectivity index (χ3n) is 4.89. The molecule has 164 valence electrons. The third kappa shape index (κ3) is 5.14. The monoisotopic (exact) mass is 442 g/mol. The summed E-state index contributed by atoms with van der Waals surface area (Å²) in [6.07, 6.45) is 1.48. The van der Waals surface area contributed by atoms with E-state index in [1.54, 1.807) is 19.2 Å². The van der Waals surface area contributed by atoms with Crippen LogP contribution in [0.15, 0.2) is 30.5 Å². The molecule has 0 radical (unpaired) electrons. The van der Waals surface area contributed by atoms with Gasteiger partial charge in [-0.15, -0.1) is 0 Å². The highest BCUT2D eigenvalue weighted by Gasteiger charge is 2.19. The van der Waals surface area contributed by atoms with Crippen LogP contribution in [0.5, 0.6) is 0 Å². The molecule has 3 aromatic rings. The van der Waals surface area contributed by atoms with Crippen LogP contribution in [0.1, 0.15) is 51.6 Å². The second-order valence-corrected chi connectivity index (χ2v) is 8.31. The maximum Gasteiger partial charge on any atom is 0.271 e. The van der Waals surface area contributed by atoms with Gasteiger partial charge in [-0.1, -0.05) is 37.6 Å². The number of aromatic nitrogens is 4. The first kappa shape index (κ1) is 22.6. The minimum Gasteiger partial charge on any atom is -0.350 e. The maximum absolute atomic E-state index is 12.9. The Morgan fingerprint density at radius 1 is 1.19 bits per heavy atom. The van der Waals surface area contributed by atoms with Gasteiger partial charge in [-0.05, 0) is 37.5 Å². The van der Waals surface area contributed by atoms with E-state index in [0.717, 1.165) is 17.0 Å². The van der Waals surface area contributed by atoms with Gasteiger partial charge in [-0.3, -0.25) is 19.0 Å². The lowest BCUT2D eigenvalue weighted by molar-refractivity contribution is 0.0940. The average molecular weight is 443 g/mol. The van der Waals surface area contributed by atoms with E-state index < -0.39 is 0 Å². The standard InChI is InChI=1S/C22H27ClN6O2/c1-13(2)10-24-22(31)20-18(11-25-28(20)5)26-21(30)17-8-6-7-16(9-17)12-29-15(4)19(23)14(3)27-29/h6-9,11,13H,10,12H2,1-5H3,(H,24,31)(H,26,30). The van der Waals surface area contributed by atoms with E-state index in [1.807, 2.05) is 44.5 Å². The first-order valence-corrected chi connectivity index (χ1v) is 10.4. The fourth-order valence-corrected chi connectivity index (χ4v) is 3.32. The highest BCUT2D eigenvalue weighted by Crippen LogP contribution is 2.21. The Labute approximate surface area is 186 Å². The molecule has 0 saturated heterocycles. The minimum absolute atomic E-state index is 0.279. The molecule has 0 aliphatic rings. The predicted octanol–water partition coefficient (Wildman–Crippen LogP) is 3.57. The number of aryl methyl sites for hydroxylation is 2. The molecule has 0 spiro atoms. The second kappa shape index (κ2) is 9.34. The molecule has 9 heteroatoms. The van der Waals surface area contributed by atoms with Gasteiger partial charge >= 0.3 is 0 Å². The number of hydrogen-bond donors (Lipinski definition) is 2. The lowest BCUT2D eigenvalue weighted by Gasteiger charge is -2.11. The molecule has 2 heterocycles. The zero-order valence-corrected chi connectivity index (χ0v) is 19.1. The van der Waals surface area contributed by atoms with Crippen LogP contribution in [0.2, 0.25) is 5.02 Å². The topological polar surface area (TPSA) is 93.8 Å². The number of carbonyl (C=O) groups is 2. The van der Waals surface area contributed by atoms with E-state index in [4.69, 9.17) is 11.6 Å². The normalized spacial score (nSPS) is 11.1. The van der Waals surface area contributed by atoms with Crippen LogP contribution < -0.4 is 10.6 Å². The Bertz CT molecular complexity index is 1120. The lowest BCUT2D eigenvalue weighted by atomic mass is 10.1. The van der Waals surface area contributed by atoms with Crippen LogP contribution in [-0.2, 0) is 13.6 Å². The quantitative estimate of drug-likeness (QED) is 0.584. The predicted molar refractivity (Wildman–Crippen MR) is 121 cm³/mol. The van der Waals surface area contributed by atoms with Crippen molar-refractivity contribution < 1.29 is 9.59 Å². The smallest absolute Gasteiger partial charge is 0.271 e. The number of rotatable bonds is 7. The molecule has 1 aromatic carbocycles. The lowest BCUT2D eigenvalue weighted by Crippen LogP contribution is -2.30. The summed E-state index contributed by atoms with van der Waals surface area (Å²) in [6, 6.07) is 7.27. The van der Waals surface area contributed by atoms with Crippen molar-refractivity contribution in [2.24, 2.45) is 13.0 Å². The van der Waals surface area contributed by atoms with Crippen molar-refractivity contribution in [1.29, 1.82) is 0 Å². The zero-order valence-electron chi connectivity index (χ0n) is 18.4. The summed E-state index contributed by atoms with van der Waals surface area (Å²) in [5.74, 6) is -0.284. The summed E-state index contributed by atoms with van der Waals surface area (Å²) < 4.78 is 3.27.